The topological polar surface area (TPSA) is 186 Å². The van der Waals surface area contributed by atoms with Crippen molar-refractivity contribution in [3.8, 4) is 0 Å². The van der Waals surface area contributed by atoms with Crippen LogP contribution in [0.4, 0.5) is 5.95 Å². The van der Waals surface area contributed by atoms with Gasteiger partial charge in [0.25, 0.3) is 5.56 Å². The summed E-state index contributed by atoms with van der Waals surface area (Å²) in [5, 5.41) is 28.7. The fraction of sp³-hybridized carbons (Fsp3) is 0.722. The molecule has 1 saturated carbocycles. The minimum absolute atomic E-state index is 0.0388. The Kier molecular flexibility index (Phi) is 6.54. The lowest BCUT2D eigenvalue weighted by molar-refractivity contribution is -0.0511. The first-order valence-electron chi connectivity index (χ1n) is 9.85. The van der Waals surface area contributed by atoms with E-state index < -0.39 is 36.7 Å². The molecular formula is C18H30N6O5. The summed E-state index contributed by atoms with van der Waals surface area (Å²) in [5.74, 6) is 1.50. The number of aromatic amines is 1. The Balaban J connectivity index is 0.000000224. The van der Waals surface area contributed by atoms with Gasteiger partial charge in [0.05, 0.1) is 12.9 Å². The molecular weight excluding hydrogens is 380 g/mol. The highest BCUT2D eigenvalue weighted by atomic mass is 16.6. The average molecular weight is 410 g/mol. The number of nitrogens with zero attached hydrogens (tertiary/aromatic N) is 3. The highest BCUT2D eigenvalue weighted by molar-refractivity contribution is 5.70. The van der Waals surface area contributed by atoms with Crippen LogP contribution < -0.4 is 17.0 Å². The molecule has 0 radical (unpaired) electrons. The molecule has 1 saturated heterocycles. The molecule has 8 N–H and O–H groups in total. The van der Waals surface area contributed by atoms with Crippen LogP contribution in [-0.2, 0) is 4.74 Å². The van der Waals surface area contributed by atoms with E-state index >= 15 is 0 Å². The third-order valence-electron chi connectivity index (χ3n) is 6.01. The van der Waals surface area contributed by atoms with Crippen LogP contribution in [0.15, 0.2) is 11.1 Å². The Morgan fingerprint density at radius 1 is 1.31 bits per heavy atom. The summed E-state index contributed by atoms with van der Waals surface area (Å²) in [6.45, 7) is 4.13. The van der Waals surface area contributed by atoms with Gasteiger partial charge in [-0.1, -0.05) is 26.7 Å². The fourth-order valence-electron chi connectivity index (χ4n) is 3.86. The van der Waals surface area contributed by atoms with E-state index in [-0.39, 0.29) is 17.1 Å². The van der Waals surface area contributed by atoms with Crippen LogP contribution in [0.1, 0.15) is 39.3 Å². The minimum Gasteiger partial charge on any atom is -0.394 e. The van der Waals surface area contributed by atoms with Crippen molar-refractivity contribution in [2.75, 3.05) is 12.3 Å². The van der Waals surface area contributed by atoms with Gasteiger partial charge in [-0.25, -0.2) is 4.98 Å². The summed E-state index contributed by atoms with van der Waals surface area (Å²) in [7, 11) is 0. The maximum absolute atomic E-state index is 11.7. The zero-order valence-electron chi connectivity index (χ0n) is 16.6. The van der Waals surface area contributed by atoms with Crippen molar-refractivity contribution in [3.63, 3.8) is 0 Å². The molecule has 162 valence electrons. The van der Waals surface area contributed by atoms with Crippen LogP contribution in [0.5, 0.6) is 0 Å². The van der Waals surface area contributed by atoms with E-state index in [9.17, 15) is 15.0 Å². The van der Waals surface area contributed by atoms with Gasteiger partial charge >= 0.3 is 0 Å². The van der Waals surface area contributed by atoms with E-state index in [0.29, 0.717) is 6.04 Å². The third-order valence-corrected chi connectivity index (χ3v) is 6.01. The number of hydrogen-bond donors (Lipinski definition) is 6. The SMILES string of the molecule is CC1CCCC(N)C1C.Nc1nc2c(ncn2[C@@H]2O[C@H](CO)[C@@H](O)[C@H]2O)c(=O)[nH]1. The molecule has 11 heteroatoms. The first-order valence-corrected chi connectivity index (χ1v) is 9.85. The molecule has 2 aromatic heterocycles. The van der Waals surface area contributed by atoms with Gasteiger partial charge in [0.2, 0.25) is 5.95 Å². The molecule has 1 aliphatic carbocycles. The lowest BCUT2D eigenvalue weighted by Gasteiger charge is -2.31. The Hall–Kier alpha value is -2.05. The number of hydrogen-bond acceptors (Lipinski definition) is 9. The van der Waals surface area contributed by atoms with Gasteiger partial charge in [0.15, 0.2) is 17.4 Å². The van der Waals surface area contributed by atoms with Gasteiger partial charge in [-0.05, 0) is 18.3 Å². The molecule has 29 heavy (non-hydrogen) atoms. The van der Waals surface area contributed by atoms with Crippen LogP contribution in [0.25, 0.3) is 11.2 Å². The Morgan fingerprint density at radius 2 is 2.03 bits per heavy atom. The van der Waals surface area contributed by atoms with Gasteiger partial charge in [0, 0.05) is 6.04 Å². The molecule has 2 aromatic rings. The first kappa shape index (κ1) is 21.7. The molecule has 0 spiro atoms. The van der Waals surface area contributed by atoms with Crippen LogP contribution in [0.2, 0.25) is 0 Å². The van der Waals surface area contributed by atoms with Crippen molar-refractivity contribution in [2.45, 2.75) is 63.7 Å². The molecule has 2 fully saturated rings. The van der Waals surface area contributed by atoms with Gasteiger partial charge in [-0.3, -0.25) is 14.3 Å². The Morgan fingerprint density at radius 3 is 2.62 bits per heavy atom. The predicted octanol–water partition coefficient (Wildman–Crippen LogP) is -0.917. The lowest BCUT2D eigenvalue weighted by atomic mass is 9.78. The standard InChI is InChI=1S/C10H13N5O5.C8H17N/c11-10-13-7-4(8(19)14-10)12-2-15(7)9-6(18)5(17)3(1-16)20-9;1-6-4-3-5-8(9)7(6)2/h2-3,5-6,9,16-18H,1H2,(H3,11,13,14,19);6-8H,3-5,9H2,1-2H3/t3-,5-,6-,9-;/m1./s1. The second-order valence-electron chi connectivity index (χ2n) is 7.94. The molecule has 2 aliphatic rings. The van der Waals surface area contributed by atoms with Gasteiger partial charge < -0.3 is 31.5 Å². The summed E-state index contributed by atoms with van der Waals surface area (Å²) in [6, 6.07) is 0.480. The maximum atomic E-state index is 11.7. The van der Waals surface area contributed by atoms with Crippen LogP contribution in [-0.4, -0.2) is 65.8 Å². The monoisotopic (exact) mass is 410 g/mol. The first-order chi connectivity index (χ1) is 13.7. The summed E-state index contributed by atoms with van der Waals surface area (Å²) < 4.78 is 6.64. The third kappa shape index (κ3) is 4.28. The number of aliphatic hydroxyl groups is 3. The summed E-state index contributed by atoms with van der Waals surface area (Å²) in [5.41, 5.74) is 11.0. The van der Waals surface area contributed by atoms with E-state index in [1.165, 1.54) is 30.2 Å². The number of nitrogens with one attached hydrogen (secondary N) is 1. The van der Waals surface area contributed by atoms with E-state index in [1.54, 1.807) is 0 Å². The quantitative estimate of drug-likeness (QED) is 0.364. The van der Waals surface area contributed by atoms with Crippen molar-refractivity contribution in [3.05, 3.63) is 16.7 Å². The lowest BCUT2D eigenvalue weighted by Crippen LogP contribution is -2.35. The second-order valence-corrected chi connectivity index (χ2v) is 7.94. The number of rotatable bonds is 2. The number of H-pyrrole nitrogens is 1. The number of aromatic nitrogens is 4. The zero-order chi connectivity index (χ0) is 21.3. The van der Waals surface area contributed by atoms with Crippen LogP contribution >= 0.6 is 0 Å². The molecule has 1 aliphatic heterocycles. The van der Waals surface area contributed by atoms with E-state index in [1.807, 2.05) is 0 Å². The normalized spacial score (nSPS) is 34.8. The maximum Gasteiger partial charge on any atom is 0.280 e. The molecule has 0 amide bonds. The van der Waals surface area contributed by atoms with Crippen molar-refractivity contribution >= 4 is 17.1 Å². The van der Waals surface area contributed by atoms with E-state index in [4.69, 9.17) is 21.3 Å². The van der Waals surface area contributed by atoms with E-state index in [0.717, 1.165) is 11.8 Å². The summed E-state index contributed by atoms with van der Waals surface area (Å²) in [4.78, 5) is 21.8. The van der Waals surface area contributed by atoms with Crippen molar-refractivity contribution in [1.29, 1.82) is 0 Å². The minimum atomic E-state index is -1.29. The number of imidazole rings is 1. The second kappa shape index (κ2) is 8.76. The van der Waals surface area contributed by atoms with Crippen molar-refractivity contribution in [2.24, 2.45) is 17.6 Å². The highest BCUT2D eigenvalue weighted by Crippen LogP contribution is 2.31. The Bertz CT molecular complexity index is 875. The average Bonchev–Trinajstić information content (AvgIpc) is 3.22. The Labute approximate surface area is 167 Å². The molecule has 4 rings (SSSR count). The predicted molar refractivity (Wildman–Crippen MR) is 106 cm³/mol. The molecule has 3 unspecified atom stereocenters. The van der Waals surface area contributed by atoms with Gasteiger partial charge in [-0.15, -0.1) is 0 Å². The van der Waals surface area contributed by atoms with Crippen molar-refractivity contribution in [1.82, 2.24) is 19.5 Å². The number of nitrogen functional groups attached to an aromatic ring is 1. The number of ether oxygens (including phenoxy) is 1. The largest absolute Gasteiger partial charge is 0.394 e. The van der Waals surface area contributed by atoms with E-state index in [2.05, 4.69) is 28.8 Å². The molecule has 11 nitrogen and oxygen atoms in total. The van der Waals surface area contributed by atoms with Gasteiger partial charge in [-0.2, -0.15) is 4.98 Å². The summed E-state index contributed by atoms with van der Waals surface area (Å²) >= 11 is 0. The smallest absolute Gasteiger partial charge is 0.280 e. The van der Waals surface area contributed by atoms with Crippen LogP contribution in [0.3, 0.4) is 0 Å². The number of aliphatic hydroxyl groups excluding tert-OH is 3. The molecule has 3 heterocycles. The molecule has 0 bridgehead atoms. The molecule has 0 aromatic carbocycles. The zero-order valence-corrected chi connectivity index (χ0v) is 16.6. The van der Waals surface area contributed by atoms with Crippen molar-refractivity contribution < 1.29 is 20.1 Å². The summed E-state index contributed by atoms with van der Waals surface area (Å²) in [6.07, 6.45) is 0.751. The van der Waals surface area contributed by atoms with Gasteiger partial charge in [0.1, 0.15) is 18.3 Å². The number of anilines is 1. The highest BCUT2D eigenvalue weighted by Gasteiger charge is 2.44. The molecule has 7 atom stereocenters. The number of nitrogens with two attached hydrogens (primary N) is 2. The van der Waals surface area contributed by atoms with Crippen LogP contribution in [0, 0.1) is 11.8 Å². The number of fused-ring (bicyclic) bond motifs is 1. The fourth-order valence-corrected chi connectivity index (χ4v) is 3.86.